The Kier molecular flexibility index (Phi) is 3.48. The predicted molar refractivity (Wildman–Crippen MR) is 84.5 cm³/mol. The van der Waals surface area contributed by atoms with Gasteiger partial charge in [0.15, 0.2) is 5.11 Å². The van der Waals surface area contributed by atoms with Crippen LogP contribution in [-0.2, 0) is 0 Å². The first kappa shape index (κ1) is 12.9. The van der Waals surface area contributed by atoms with E-state index < -0.39 is 0 Å². The van der Waals surface area contributed by atoms with Gasteiger partial charge in [0.2, 0.25) is 0 Å². The first-order valence-electron chi connectivity index (χ1n) is 7.26. The summed E-state index contributed by atoms with van der Waals surface area (Å²) in [5.74, 6) is 1.80. The largest absolute Gasteiger partial charge is 0.359 e. The first-order chi connectivity index (χ1) is 9.11. The quantitative estimate of drug-likeness (QED) is 0.803. The minimum Gasteiger partial charge on any atom is -0.359 e. The fourth-order valence-corrected chi connectivity index (χ4v) is 3.88. The van der Waals surface area contributed by atoms with Crippen molar-refractivity contribution < 1.29 is 0 Å². The second-order valence-electron chi connectivity index (χ2n) is 6.20. The Balaban J connectivity index is 1.61. The van der Waals surface area contributed by atoms with Crippen LogP contribution in [-0.4, -0.2) is 11.2 Å². The molecule has 0 saturated heterocycles. The summed E-state index contributed by atoms with van der Waals surface area (Å²) in [7, 11) is 0. The van der Waals surface area contributed by atoms with Crippen LogP contribution in [0.3, 0.4) is 0 Å². The number of hydrogen-bond donors (Lipinski definition) is 2. The lowest BCUT2D eigenvalue weighted by atomic mass is 9.95. The van der Waals surface area contributed by atoms with Gasteiger partial charge in [-0.25, -0.2) is 0 Å². The molecule has 0 amide bonds. The van der Waals surface area contributed by atoms with E-state index >= 15 is 0 Å². The molecule has 0 spiro atoms. The molecule has 3 heteroatoms. The molecule has 0 aromatic heterocycles. The summed E-state index contributed by atoms with van der Waals surface area (Å²) >= 11 is 5.47. The van der Waals surface area contributed by atoms with Gasteiger partial charge in [0, 0.05) is 11.7 Å². The predicted octanol–water partition coefficient (Wildman–Crippen LogP) is 3.78. The first-order valence-corrected chi connectivity index (χ1v) is 7.67. The van der Waals surface area contributed by atoms with Crippen molar-refractivity contribution in [3.8, 4) is 0 Å². The van der Waals surface area contributed by atoms with E-state index in [1.807, 2.05) is 0 Å². The number of hydrogen-bond acceptors (Lipinski definition) is 1. The van der Waals surface area contributed by atoms with E-state index in [4.69, 9.17) is 12.2 Å². The molecule has 2 fully saturated rings. The van der Waals surface area contributed by atoms with Crippen LogP contribution in [0.2, 0.25) is 0 Å². The van der Waals surface area contributed by atoms with E-state index in [0.29, 0.717) is 6.04 Å². The number of thiocarbonyl (C=S) groups is 1. The lowest BCUT2D eigenvalue weighted by Crippen LogP contribution is -2.40. The van der Waals surface area contributed by atoms with Crippen LogP contribution in [0.1, 0.15) is 36.8 Å². The van der Waals surface area contributed by atoms with Crippen LogP contribution >= 0.6 is 12.2 Å². The fourth-order valence-electron chi connectivity index (χ4n) is 3.62. The van der Waals surface area contributed by atoms with Gasteiger partial charge in [0.25, 0.3) is 0 Å². The van der Waals surface area contributed by atoms with Gasteiger partial charge in [0.1, 0.15) is 0 Å². The third-order valence-corrected chi connectivity index (χ3v) is 4.92. The molecule has 0 radical (unpaired) electrons. The molecule has 2 aliphatic rings. The lowest BCUT2D eigenvalue weighted by molar-refractivity contribution is 0.392. The fraction of sp³-hybridized carbons (Fsp3) is 0.562. The van der Waals surface area contributed by atoms with Gasteiger partial charge >= 0.3 is 0 Å². The minimum absolute atomic E-state index is 0.601. The van der Waals surface area contributed by atoms with Crippen LogP contribution in [0.25, 0.3) is 0 Å². The Labute approximate surface area is 121 Å². The maximum absolute atomic E-state index is 5.47. The molecule has 102 valence electrons. The second kappa shape index (κ2) is 5.12. The Morgan fingerprint density at radius 3 is 2.74 bits per heavy atom. The van der Waals surface area contributed by atoms with Crippen molar-refractivity contribution >= 4 is 23.0 Å². The molecule has 3 atom stereocenters. The molecule has 0 aliphatic heterocycles. The standard InChI is InChI=1S/C16H22N2S/c1-10-3-4-11(2)14(7-10)17-16(19)18-15-9-12-5-6-13(15)8-12/h3-4,7,12-13,15H,5-6,8-9H2,1-2H3,(H2,17,18,19). The van der Waals surface area contributed by atoms with Gasteiger partial charge in [-0.2, -0.15) is 0 Å². The van der Waals surface area contributed by atoms with Crippen LogP contribution < -0.4 is 10.6 Å². The normalized spacial score (nSPS) is 28.4. The van der Waals surface area contributed by atoms with Crippen molar-refractivity contribution in [2.75, 3.05) is 5.32 Å². The highest BCUT2D eigenvalue weighted by Crippen LogP contribution is 2.44. The molecular formula is C16H22N2S. The average molecular weight is 274 g/mol. The highest BCUT2D eigenvalue weighted by molar-refractivity contribution is 7.80. The Morgan fingerprint density at radius 1 is 1.21 bits per heavy atom. The molecule has 0 heterocycles. The van der Waals surface area contributed by atoms with Crippen molar-refractivity contribution in [1.82, 2.24) is 5.32 Å². The summed E-state index contributed by atoms with van der Waals surface area (Å²) in [5.41, 5.74) is 3.62. The lowest BCUT2D eigenvalue weighted by Gasteiger charge is -2.25. The summed E-state index contributed by atoms with van der Waals surface area (Å²) in [5, 5.41) is 7.67. The smallest absolute Gasteiger partial charge is 0.171 e. The highest BCUT2D eigenvalue weighted by Gasteiger charge is 2.39. The van der Waals surface area contributed by atoms with Crippen molar-refractivity contribution in [1.29, 1.82) is 0 Å². The molecular weight excluding hydrogens is 252 g/mol. The van der Waals surface area contributed by atoms with Gasteiger partial charge in [-0.05, 0) is 74.4 Å². The van der Waals surface area contributed by atoms with Gasteiger partial charge in [-0.3, -0.25) is 0 Å². The molecule has 2 bridgehead atoms. The van der Waals surface area contributed by atoms with Crippen LogP contribution in [0.5, 0.6) is 0 Å². The van der Waals surface area contributed by atoms with Gasteiger partial charge in [-0.1, -0.05) is 18.6 Å². The van der Waals surface area contributed by atoms with Gasteiger partial charge in [0.05, 0.1) is 0 Å². The molecule has 2 nitrogen and oxygen atoms in total. The van der Waals surface area contributed by atoms with E-state index in [2.05, 4.69) is 42.7 Å². The molecule has 3 rings (SSSR count). The van der Waals surface area contributed by atoms with E-state index in [1.54, 1.807) is 0 Å². The number of rotatable bonds is 2. The summed E-state index contributed by atoms with van der Waals surface area (Å²) in [6.07, 6.45) is 5.53. The van der Waals surface area contributed by atoms with E-state index in [1.165, 1.54) is 36.8 Å². The second-order valence-corrected chi connectivity index (χ2v) is 6.61. The topological polar surface area (TPSA) is 24.1 Å². The van der Waals surface area contributed by atoms with Crippen LogP contribution in [0.15, 0.2) is 18.2 Å². The minimum atomic E-state index is 0.601. The van der Waals surface area contributed by atoms with Gasteiger partial charge in [-0.15, -0.1) is 0 Å². The number of benzene rings is 1. The number of aryl methyl sites for hydroxylation is 2. The van der Waals surface area contributed by atoms with Crippen LogP contribution in [0, 0.1) is 25.7 Å². The monoisotopic (exact) mass is 274 g/mol. The van der Waals surface area contributed by atoms with Crippen molar-refractivity contribution in [3.63, 3.8) is 0 Å². The summed E-state index contributed by atoms with van der Waals surface area (Å²) in [6, 6.07) is 7.03. The zero-order valence-electron chi connectivity index (χ0n) is 11.7. The summed E-state index contributed by atoms with van der Waals surface area (Å²) in [6.45, 7) is 4.22. The SMILES string of the molecule is Cc1ccc(C)c(NC(=S)NC2CC3CCC2C3)c1. The molecule has 1 aromatic carbocycles. The molecule has 2 N–H and O–H groups in total. The van der Waals surface area contributed by atoms with E-state index in [-0.39, 0.29) is 0 Å². The third kappa shape index (κ3) is 2.76. The number of anilines is 1. The third-order valence-electron chi connectivity index (χ3n) is 4.70. The average Bonchev–Trinajstić information content (AvgIpc) is 2.96. The maximum Gasteiger partial charge on any atom is 0.171 e. The van der Waals surface area contributed by atoms with Crippen LogP contribution in [0.4, 0.5) is 5.69 Å². The molecule has 3 unspecified atom stereocenters. The van der Waals surface area contributed by atoms with Crippen molar-refractivity contribution in [2.45, 2.75) is 45.6 Å². The summed E-state index contributed by atoms with van der Waals surface area (Å²) in [4.78, 5) is 0. The number of fused-ring (bicyclic) bond motifs is 2. The Bertz CT molecular complexity index is 498. The van der Waals surface area contributed by atoms with Crippen molar-refractivity contribution in [2.24, 2.45) is 11.8 Å². The molecule has 2 saturated carbocycles. The van der Waals surface area contributed by atoms with Crippen molar-refractivity contribution in [3.05, 3.63) is 29.3 Å². The zero-order valence-corrected chi connectivity index (χ0v) is 12.5. The maximum atomic E-state index is 5.47. The number of nitrogens with one attached hydrogen (secondary N) is 2. The van der Waals surface area contributed by atoms with E-state index in [0.717, 1.165) is 22.6 Å². The Hall–Kier alpha value is -1.09. The Morgan fingerprint density at radius 2 is 2.05 bits per heavy atom. The summed E-state index contributed by atoms with van der Waals surface area (Å²) < 4.78 is 0. The molecule has 1 aromatic rings. The van der Waals surface area contributed by atoms with E-state index in [9.17, 15) is 0 Å². The van der Waals surface area contributed by atoms with Gasteiger partial charge < -0.3 is 10.6 Å². The zero-order chi connectivity index (χ0) is 13.4. The molecule has 2 aliphatic carbocycles. The highest BCUT2D eigenvalue weighted by atomic mass is 32.1. The molecule has 19 heavy (non-hydrogen) atoms.